The number of halogens is 2. The molecular formula is C22H16Cl2N6Ti. The number of benzene rings is 2. The Morgan fingerprint density at radius 2 is 0.903 bits per heavy atom. The number of rotatable bonds is 2. The summed E-state index contributed by atoms with van der Waals surface area (Å²) in [7, 11) is 0. The smallest absolute Gasteiger partial charge is 1.00 e. The van der Waals surface area contributed by atoms with E-state index in [-0.39, 0.29) is 46.5 Å². The Morgan fingerprint density at radius 1 is 0.548 bits per heavy atom. The van der Waals surface area contributed by atoms with Crippen LogP contribution in [0.4, 0.5) is 0 Å². The van der Waals surface area contributed by atoms with Crippen LogP contribution >= 0.6 is 0 Å². The maximum Gasteiger partial charge on any atom is 4.00 e. The van der Waals surface area contributed by atoms with Gasteiger partial charge >= 0.3 is 21.7 Å². The van der Waals surface area contributed by atoms with Crippen molar-refractivity contribution in [3.05, 3.63) is 98.1 Å². The number of hydrogen-bond acceptors (Lipinski definition) is 4. The van der Waals surface area contributed by atoms with Crippen LogP contribution in [0.15, 0.2) is 98.1 Å². The van der Waals surface area contributed by atoms with E-state index in [4.69, 9.17) is 0 Å². The molecule has 0 radical (unpaired) electrons. The zero-order valence-electron chi connectivity index (χ0n) is 16.2. The maximum absolute atomic E-state index is 3.78. The van der Waals surface area contributed by atoms with Crippen molar-refractivity contribution in [1.82, 2.24) is 29.5 Å². The molecule has 4 aromatic carbocycles. The molecule has 0 amide bonds. The average Bonchev–Trinajstić information content (AvgIpc) is 3.54. The van der Waals surface area contributed by atoms with Gasteiger partial charge in [0.15, 0.2) is 0 Å². The fraction of sp³-hybridized carbons (Fsp3) is 0. The SMILES string of the molecule is [Cl-].[Cl-].[Ti+4].c1ccc2[cH-]c(-n3cnnc3)cc2c1.c1ccc2[cH-]c(-n3cnnc3)cc2c1. The molecule has 0 aliphatic rings. The molecule has 0 saturated heterocycles. The third kappa shape index (κ3) is 5.29. The first-order valence-electron chi connectivity index (χ1n) is 8.88. The second kappa shape index (κ2) is 11.0. The van der Waals surface area contributed by atoms with E-state index >= 15 is 0 Å². The third-order valence-electron chi connectivity index (χ3n) is 4.64. The van der Waals surface area contributed by atoms with Crippen LogP contribution in [0.3, 0.4) is 0 Å². The molecule has 0 saturated carbocycles. The molecule has 0 fully saturated rings. The standard InChI is InChI=1S/2C11H8N3.2ClH.Ti/c2*1-2-4-10-6-11(5-9(10)3-1)14-7-12-13-8-14;;;/h2*1-8H;2*1H;/q2*-1;;;+4/p-2. The van der Waals surface area contributed by atoms with E-state index < -0.39 is 0 Å². The van der Waals surface area contributed by atoms with Gasteiger partial charge in [0.1, 0.15) is 25.3 Å². The van der Waals surface area contributed by atoms with Crippen LogP contribution in [0, 0.1) is 0 Å². The van der Waals surface area contributed by atoms with Crippen molar-refractivity contribution >= 4 is 21.5 Å². The van der Waals surface area contributed by atoms with Crippen molar-refractivity contribution in [2.75, 3.05) is 0 Å². The van der Waals surface area contributed by atoms with Gasteiger partial charge in [-0.1, -0.05) is 12.1 Å². The monoisotopic (exact) mass is 482 g/mol. The molecule has 0 unspecified atom stereocenters. The van der Waals surface area contributed by atoms with E-state index in [0.29, 0.717) is 0 Å². The Bertz CT molecular complexity index is 1150. The molecule has 2 aromatic heterocycles. The van der Waals surface area contributed by atoms with Crippen LogP contribution in [-0.4, -0.2) is 29.5 Å². The first-order chi connectivity index (χ1) is 13.9. The predicted molar refractivity (Wildman–Crippen MR) is 109 cm³/mol. The summed E-state index contributed by atoms with van der Waals surface area (Å²) in [6.45, 7) is 0. The van der Waals surface area contributed by atoms with Crippen molar-refractivity contribution in [3.8, 4) is 11.4 Å². The van der Waals surface area contributed by atoms with Gasteiger partial charge in [-0.3, -0.25) is 0 Å². The molecule has 2 heterocycles. The van der Waals surface area contributed by atoms with Crippen molar-refractivity contribution in [3.63, 3.8) is 0 Å². The molecule has 6 rings (SSSR count). The summed E-state index contributed by atoms with van der Waals surface area (Å²) in [4.78, 5) is 0. The number of hydrogen-bond donors (Lipinski definition) is 0. The van der Waals surface area contributed by atoms with Gasteiger partial charge in [-0.05, 0) is 11.4 Å². The number of fused-ring (bicyclic) bond motifs is 2. The van der Waals surface area contributed by atoms with E-state index in [0.717, 1.165) is 11.4 Å². The van der Waals surface area contributed by atoms with Gasteiger partial charge in [0.25, 0.3) is 0 Å². The quantitative estimate of drug-likeness (QED) is 0.218. The summed E-state index contributed by atoms with van der Waals surface area (Å²) in [6, 6.07) is 25.1. The van der Waals surface area contributed by atoms with Gasteiger partial charge < -0.3 is 33.9 Å². The van der Waals surface area contributed by atoms with E-state index in [1.165, 1.54) is 21.5 Å². The van der Waals surface area contributed by atoms with Gasteiger partial charge in [0.05, 0.1) is 0 Å². The normalized spacial score (nSPS) is 9.81. The molecule has 6 aromatic rings. The first-order valence-corrected chi connectivity index (χ1v) is 8.88. The van der Waals surface area contributed by atoms with Crippen LogP contribution in [0.1, 0.15) is 0 Å². The zero-order chi connectivity index (χ0) is 18.8. The topological polar surface area (TPSA) is 61.4 Å². The molecule has 0 N–H and O–H groups in total. The summed E-state index contributed by atoms with van der Waals surface area (Å²) in [6.07, 6.45) is 6.81. The summed E-state index contributed by atoms with van der Waals surface area (Å²) < 4.78 is 3.81. The Morgan fingerprint density at radius 3 is 1.26 bits per heavy atom. The molecular weight excluding hydrogens is 467 g/mol. The molecule has 31 heavy (non-hydrogen) atoms. The minimum absolute atomic E-state index is 0. The van der Waals surface area contributed by atoms with Crippen LogP contribution in [0.2, 0.25) is 0 Å². The fourth-order valence-corrected chi connectivity index (χ4v) is 3.23. The van der Waals surface area contributed by atoms with Crippen molar-refractivity contribution < 1.29 is 46.5 Å². The summed E-state index contributed by atoms with van der Waals surface area (Å²) >= 11 is 0. The summed E-state index contributed by atoms with van der Waals surface area (Å²) in [5.74, 6) is 0. The number of aromatic nitrogens is 6. The van der Waals surface area contributed by atoms with Gasteiger partial charge in [-0.2, -0.15) is 0 Å². The molecule has 0 aliphatic heterocycles. The van der Waals surface area contributed by atoms with Gasteiger partial charge in [-0.15, -0.1) is 103 Å². The van der Waals surface area contributed by atoms with E-state index in [9.17, 15) is 0 Å². The summed E-state index contributed by atoms with van der Waals surface area (Å²) in [5.41, 5.74) is 2.22. The Labute approximate surface area is 206 Å². The number of nitrogens with zero attached hydrogens (tertiary/aromatic N) is 6. The van der Waals surface area contributed by atoms with Crippen molar-refractivity contribution in [1.29, 1.82) is 0 Å². The van der Waals surface area contributed by atoms with Crippen molar-refractivity contribution in [2.24, 2.45) is 0 Å². The third-order valence-corrected chi connectivity index (χ3v) is 4.64. The van der Waals surface area contributed by atoms with Crippen molar-refractivity contribution in [2.45, 2.75) is 0 Å². The molecule has 152 valence electrons. The Balaban J connectivity index is 0.000000201. The minimum atomic E-state index is 0. The van der Waals surface area contributed by atoms with Crippen LogP contribution in [-0.2, 0) is 21.7 Å². The second-order valence-electron chi connectivity index (χ2n) is 6.42. The molecule has 0 bridgehead atoms. The van der Waals surface area contributed by atoms with Gasteiger partial charge in [0, 0.05) is 0 Å². The molecule has 0 spiro atoms. The maximum atomic E-state index is 3.78. The van der Waals surface area contributed by atoms with Gasteiger partial charge in [0.2, 0.25) is 0 Å². The summed E-state index contributed by atoms with van der Waals surface area (Å²) in [5, 5.41) is 20.1. The predicted octanol–water partition coefficient (Wildman–Crippen LogP) is -1.72. The molecule has 6 nitrogen and oxygen atoms in total. The van der Waals surface area contributed by atoms with Crippen LogP contribution in [0.25, 0.3) is 32.9 Å². The van der Waals surface area contributed by atoms with E-state index in [2.05, 4.69) is 68.9 Å². The Hall–Kier alpha value is -2.77. The first kappa shape index (κ1) is 24.5. The van der Waals surface area contributed by atoms with E-state index in [1.54, 1.807) is 25.3 Å². The zero-order valence-corrected chi connectivity index (χ0v) is 19.3. The van der Waals surface area contributed by atoms with Crippen LogP contribution < -0.4 is 24.8 Å². The average molecular weight is 483 g/mol. The second-order valence-corrected chi connectivity index (χ2v) is 6.42. The Kier molecular flexibility index (Phi) is 8.71. The van der Waals surface area contributed by atoms with Crippen LogP contribution in [0.5, 0.6) is 0 Å². The van der Waals surface area contributed by atoms with Gasteiger partial charge in [-0.25, -0.2) is 0 Å². The van der Waals surface area contributed by atoms with E-state index in [1.807, 2.05) is 33.4 Å². The largest absolute Gasteiger partial charge is 4.00 e. The molecule has 0 atom stereocenters. The molecule has 0 aliphatic carbocycles. The molecule has 9 heteroatoms. The minimum Gasteiger partial charge on any atom is -1.00 e. The fourth-order valence-electron chi connectivity index (χ4n) is 3.23.